The molecule has 2 aromatic carbocycles. The fraction of sp³-hybridized carbons (Fsp3) is 0.333. The molecule has 1 N–H and O–H groups in total. The molecule has 1 saturated carbocycles. The van der Waals surface area contributed by atoms with Crippen molar-refractivity contribution < 1.29 is 0 Å². The molecule has 0 spiro atoms. The highest BCUT2D eigenvalue weighted by Crippen LogP contribution is 2.41. The molecule has 1 fully saturated rings. The largest absolute Gasteiger partial charge is 0.306 e. The minimum atomic E-state index is 0.260. The zero-order chi connectivity index (χ0) is 13.9. The van der Waals surface area contributed by atoms with Gasteiger partial charge in [-0.3, -0.25) is 0 Å². The van der Waals surface area contributed by atoms with Crippen LogP contribution in [0.4, 0.5) is 0 Å². The van der Waals surface area contributed by atoms with Crippen molar-refractivity contribution in [3.63, 3.8) is 0 Å². The van der Waals surface area contributed by atoms with E-state index in [9.17, 15) is 0 Å². The molecule has 0 amide bonds. The summed E-state index contributed by atoms with van der Waals surface area (Å²) in [5.74, 6) is 0.795. The Morgan fingerprint density at radius 3 is 2.55 bits per heavy atom. The zero-order valence-electron chi connectivity index (χ0n) is 11.8. The van der Waals surface area contributed by atoms with E-state index in [1.54, 1.807) is 0 Å². The third kappa shape index (κ3) is 3.05. The summed E-state index contributed by atoms with van der Waals surface area (Å²) in [6.07, 6.45) is 2.69. The predicted molar refractivity (Wildman–Crippen MR) is 85.1 cm³/mol. The van der Waals surface area contributed by atoms with Crippen LogP contribution in [0.1, 0.15) is 48.4 Å². The molecule has 0 saturated heterocycles. The van der Waals surface area contributed by atoms with Gasteiger partial charge in [0.2, 0.25) is 0 Å². The summed E-state index contributed by atoms with van der Waals surface area (Å²) in [5, 5.41) is 4.43. The lowest BCUT2D eigenvalue weighted by Gasteiger charge is -2.17. The second-order valence-corrected chi connectivity index (χ2v) is 6.00. The molecule has 0 aliphatic heterocycles. The summed E-state index contributed by atoms with van der Waals surface area (Å²) in [4.78, 5) is 0. The highest BCUT2D eigenvalue weighted by atomic mass is 35.5. The van der Waals surface area contributed by atoms with E-state index in [4.69, 9.17) is 11.6 Å². The number of hydrogen-bond acceptors (Lipinski definition) is 1. The topological polar surface area (TPSA) is 12.0 Å². The van der Waals surface area contributed by atoms with Crippen LogP contribution in [0.3, 0.4) is 0 Å². The van der Waals surface area contributed by atoms with Crippen LogP contribution in [-0.4, -0.2) is 0 Å². The van der Waals surface area contributed by atoms with E-state index in [0.29, 0.717) is 0 Å². The summed E-state index contributed by atoms with van der Waals surface area (Å²) in [5.41, 5.74) is 4.11. The minimum absolute atomic E-state index is 0.260. The van der Waals surface area contributed by atoms with Crippen molar-refractivity contribution in [2.24, 2.45) is 0 Å². The van der Waals surface area contributed by atoms with Crippen LogP contribution in [0.15, 0.2) is 48.5 Å². The standard InChI is InChI=1S/C18H20ClN/c1-13(16-7-4-5-9-18(16)19)20-12-15-6-2-3-8-17(15)14-10-11-14/h2-9,13-14,20H,10-12H2,1H3. The Kier molecular flexibility index (Phi) is 4.09. The first-order chi connectivity index (χ1) is 9.75. The number of nitrogens with one attached hydrogen (secondary N) is 1. The maximum Gasteiger partial charge on any atom is 0.0453 e. The van der Waals surface area contributed by atoms with Crippen molar-refractivity contribution in [2.75, 3.05) is 0 Å². The Bertz CT molecular complexity index is 589. The van der Waals surface area contributed by atoms with Gasteiger partial charge in [0, 0.05) is 17.6 Å². The first-order valence-electron chi connectivity index (χ1n) is 7.31. The fourth-order valence-electron chi connectivity index (χ4n) is 2.69. The average molecular weight is 286 g/mol. The Morgan fingerprint density at radius 2 is 1.80 bits per heavy atom. The highest BCUT2D eigenvalue weighted by molar-refractivity contribution is 6.31. The van der Waals surface area contributed by atoms with Crippen LogP contribution < -0.4 is 5.32 Å². The molecule has 104 valence electrons. The van der Waals surface area contributed by atoms with E-state index in [-0.39, 0.29) is 6.04 Å². The number of benzene rings is 2. The van der Waals surface area contributed by atoms with Crippen LogP contribution in [0.25, 0.3) is 0 Å². The lowest BCUT2D eigenvalue weighted by molar-refractivity contribution is 0.572. The molecule has 20 heavy (non-hydrogen) atoms. The molecule has 2 aromatic rings. The van der Waals surface area contributed by atoms with E-state index in [1.807, 2.05) is 18.2 Å². The van der Waals surface area contributed by atoms with E-state index >= 15 is 0 Å². The lowest BCUT2D eigenvalue weighted by Crippen LogP contribution is -2.19. The van der Waals surface area contributed by atoms with Gasteiger partial charge in [-0.25, -0.2) is 0 Å². The first-order valence-corrected chi connectivity index (χ1v) is 7.69. The van der Waals surface area contributed by atoms with Gasteiger partial charge in [-0.05, 0) is 48.4 Å². The van der Waals surface area contributed by atoms with Gasteiger partial charge >= 0.3 is 0 Å². The van der Waals surface area contributed by atoms with Crippen molar-refractivity contribution in [1.82, 2.24) is 5.32 Å². The summed E-state index contributed by atoms with van der Waals surface area (Å²) in [6, 6.07) is 17.1. The Labute approximate surface area is 126 Å². The van der Waals surface area contributed by atoms with Crippen LogP contribution in [0, 0.1) is 0 Å². The quantitative estimate of drug-likeness (QED) is 0.809. The molecular weight excluding hydrogens is 266 g/mol. The van der Waals surface area contributed by atoms with Gasteiger partial charge in [0.15, 0.2) is 0 Å². The van der Waals surface area contributed by atoms with Gasteiger partial charge in [-0.15, -0.1) is 0 Å². The smallest absolute Gasteiger partial charge is 0.0453 e. The van der Waals surface area contributed by atoms with Gasteiger partial charge in [-0.1, -0.05) is 54.1 Å². The molecule has 1 nitrogen and oxygen atoms in total. The van der Waals surface area contributed by atoms with Crippen LogP contribution in [0.2, 0.25) is 5.02 Å². The van der Waals surface area contributed by atoms with Gasteiger partial charge < -0.3 is 5.32 Å². The van der Waals surface area contributed by atoms with Gasteiger partial charge in [0.25, 0.3) is 0 Å². The zero-order valence-corrected chi connectivity index (χ0v) is 12.5. The first kappa shape index (κ1) is 13.7. The van der Waals surface area contributed by atoms with Gasteiger partial charge in [0.1, 0.15) is 0 Å². The SMILES string of the molecule is CC(NCc1ccccc1C1CC1)c1ccccc1Cl. The molecule has 1 aliphatic carbocycles. The summed E-state index contributed by atoms with van der Waals surface area (Å²) in [7, 11) is 0. The van der Waals surface area contributed by atoms with Crippen molar-refractivity contribution in [2.45, 2.75) is 38.3 Å². The third-order valence-corrected chi connectivity index (χ3v) is 4.39. The molecular formula is C18H20ClN. The van der Waals surface area contributed by atoms with E-state index in [2.05, 4.69) is 42.6 Å². The highest BCUT2D eigenvalue weighted by Gasteiger charge is 2.25. The lowest BCUT2D eigenvalue weighted by atomic mass is 10.0. The molecule has 1 atom stereocenters. The van der Waals surface area contributed by atoms with Gasteiger partial charge in [0.05, 0.1) is 0 Å². The number of halogens is 1. The van der Waals surface area contributed by atoms with Crippen LogP contribution >= 0.6 is 11.6 Å². The van der Waals surface area contributed by atoms with Gasteiger partial charge in [-0.2, -0.15) is 0 Å². The van der Waals surface area contributed by atoms with Crippen LogP contribution in [0.5, 0.6) is 0 Å². The minimum Gasteiger partial charge on any atom is -0.306 e. The van der Waals surface area contributed by atoms with Crippen LogP contribution in [-0.2, 0) is 6.54 Å². The van der Waals surface area contributed by atoms with E-state index in [1.165, 1.54) is 24.0 Å². The molecule has 3 rings (SSSR count). The number of hydrogen-bond donors (Lipinski definition) is 1. The van der Waals surface area contributed by atoms with Crippen molar-refractivity contribution in [1.29, 1.82) is 0 Å². The van der Waals surface area contributed by atoms with E-state index in [0.717, 1.165) is 23.0 Å². The molecule has 2 heteroatoms. The molecule has 1 aliphatic rings. The Morgan fingerprint density at radius 1 is 1.10 bits per heavy atom. The maximum atomic E-state index is 6.25. The molecule has 0 heterocycles. The van der Waals surface area contributed by atoms with Crippen molar-refractivity contribution in [3.8, 4) is 0 Å². The molecule has 0 bridgehead atoms. The van der Waals surface area contributed by atoms with E-state index < -0.39 is 0 Å². The average Bonchev–Trinajstić information content (AvgIpc) is 3.30. The van der Waals surface area contributed by atoms with Crippen molar-refractivity contribution >= 4 is 11.6 Å². The monoisotopic (exact) mass is 285 g/mol. The van der Waals surface area contributed by atoms with Crippen molar-refractivity contribution in [3.05, 3.63) is 70.2 Å². The summed E-state index contributed by atoms with van der Waals surface area (Å²) in [6.45, 7) is 3.07. The second kappa shape index (κ2) is 5.99. The summed E-state index contributed by atoms with van der Waals surface area (Å²) < 4.78 is 0. The normalized spacial score (nSPS) is 16.1. The maximum absolute atomic E-state index is 6.25. The Balaban J connectivity index is 1.69. The molecule has 0 aromatic heterocycles. The third-order valence-electron chi connectivity index (χ3n) is 4.04. The second-order valence-electron chi connectivity index (χ2n) is 5.60. The molecule has 1 unspecified atom stereocenters. The number of rotatable bonds is 5. The molecule has 0 radical (unpaired) electrons. The Hall–Kier alpha value is -1.31. The summed E-state index contributed by atoms with van der Waals surface area (Å²) >= 11 is 6.25. The predicted octanol–water partition coefficient (Wildman–Crippen LogP) is 5.07. The fourth-order valence-corrected chi connectivity index (χ4v) is 2.99.